The van der Waals surface area contributed by atoms with Gasteiger partial charge in [-0.25, -0.2) is 0 Å². The maximum absolute atomic E-state index is 13.5. The van der Waals surface area contributed by atoms with Crippen molar-refractivity contribution in [1.82, 2.24) is 4.90 Å². The molecule has 2 fully saturated rings. The first-order chi connectivity index (χ1) is 12.0. The molecule has 1 N–H and O–H groups in total. The number of carbonyl (C=O) groups excluding carboxylic acids is 1. The summed E-state index contributed by atoms with van der Waals surface area (Å²) in [5, 5.41) is 8.99. The molecule has 1 unspecified atom stereocenters. The third-order valence-electron chi connectivity index (χ3n) is 5.19. The van der Waals surface area contributed by atoms with E-state index in [1.54, 1.807) is 4.90 Å². The summed E-state index contributed by atoms with van der Waals surface area (Å²) in [5.74, 6) is -0.836. The second-order valence-corrected chi connectivity index (χ2v) is 6.90. The fraction of sp³-hybridized carbons (Fsp3) is 0.579. The Morgan fingerprint density at radius 1 is 1.20 bits per heavy atom. The minimum absolute atomic E-state index is 0.0679. The lowest BCUT2D eigenvalue weighted by Gasteiger charge is -2.42. The number of carbonyl (C=O) groups is 2. The Kier molecular flexibility index (Phi) is 5.39. The van der Waals surface area contributed by atoms with Crippen molar-refractivity contribution in [2.75, 3.05) is 32.9 Å². The van der Waals surface area contributed by atoms with E-state index < -0.39 is 17.5 Å². The molecule has 2 heterocycles. The average Bonchev–Trinajstić information content (AvgIpc) is 2.62. The molecule has 136 valence electrons. The first-order valence-corrected chi connectivity index (χ1v) is 8.79. The quantitative estimate of drug-likeness (QED) is 0.898. The van der Waals surface area contributed by atoms with E-state index in [1.165, 1.54) is 0 Å². The zero-order valence-electron chi connectivity index (χ0n) is 14.6. The highest BCUT2D eigenvalue weighted by atomic mass is 16.5. The highest BCUT2D eigenvalue weighted by molar-refractivity contribution is 5.88. The van der Waals surface area contributed by atoms with Gasteiger partial charge in [0.1, 0.15) is 0 Å². The normalized spacial score (nSPS) is 23.2. The van der Waals surface area contributed by atoms with Crippen LogP contribution in [-0.4, -0.2) is 60.9 Å². The van der Waals surface area contributed by atoms with Crippen molar-refractivity contribution < 1.29 is 24.2 Å². The molecule has 2 aliphatic rings. The van der Waals surface area contributed by atoms with Crippen LogP contribution in [0.25, 0.3) is 0 Å². The third-order valence-corrected chi connectivity index (χ3v) is 5.19. The van der Waals surface area contributed by atoms with E-state index in [4.69, 9.17) is 14.6 Å². The summed E-state index contributed by atoms with van der Waals surface area (Å²) in [6.07, 6.45) is 0.779. The summed E-state index contributed by atoms with van der Waals surface area (Å²) in [6.45, 7) is 4.36. The highest BCUT2D eigenvalue weighted by Gasteiger charge is 2.45. The molecular weight excluding hydrogens is 322 g/mol. The second-order valence-electron chi connectivity index (χ2n) is 6.90. The third kappa shape index (κ3) is 3.85. The van der Waals surface area contributed by atoms with Crippen molar-refractivity contribution in [2.24, 2.45) is 0 Å². The van der Waals surface area contributed by atoms with Crippen LogP contribution in [0.4, 0.5) is 0 Å². The number of aryl methyl sites for hydroxylation is 1. The Balaban J connectivity index is 1.84. The van der Waals surface area contributed by atoms with Crippen LogP contribution in [0.15, 0.2) is 24.3 Å². The van der Waals surface area contributed by atoms with Gasteiger partial charge in [-0.2, -0.15) is 0 Å². The van der Waals surface area contributed by atoms with Crippen molar-refractivity contribution in [3.05, 3.63) is 35.4 Å². The van der Waals surface area contributed by atoms with Crippen LogP contribution in [0.1, 0.15) is 30.4 Å². The lowest BCUT2D eigenvalue weighted by molar-refractivity contribution is -0.153. The smallest absolute Gasteiger partial charge is 0.306 e. The molecule has 6 nitrogen and oxygen atoms in total. The first-order valence-electron chi connectivity index (χ1n) is 8.79. The Bertz CT molecular complexity index is 621. The van der Waals surface area contributed by atoms with Crippen molar-refractivity contribution in [1.29, 1.82) is 0 Å². The summed E-state index contributed by atoms with van der Waals surface area (Å²) in [5.41, 5.74) is 1.59. The lowest BCUT2D eigenvalue weighted by atomic mass is 9.72. The number of benzene rings is 1. The van der Waals surface area contributed by atoms with Gasteiger partial charge < -0.3 is 19.5 Å². The number of hydrogen-bond acceptors (Lipinski definition) is 4. The van der Waals surface area contributed by atoms with E-state index in [2.05, 4.69) is 0 Å². The summed E-state index contributed by atoms with van der Waals surface area (Å²) in [4.78, 5) is 26.2. The molecule has 0 saturated carbocycles. The topological polar surface area (TPSA) is 76.1 Å². The number of ether oxygens (including phenoxy) is 2. The molecule has 1 atom stereocenters. The van der Waals surface area contributed by atoms with Gasteiger partial charge in [0.05, 0.1) is 24.5 Å². The van der Waals surface area contributed by atoms with E-state index in [0.29, 0.717) is 45.8 Å². The van der Waals surface area contributed by atoms with E-state index in [9.17, 15) is 9.59 Å². The van der Waals surface area contributed by atoms with E-state index in [-0.39, 0.29) is 12.3 Å². The van der Waals surface area contributed by atoms with Gasteiger partial charge in [0.2, 0.25) is 5.91 Å². The summed E-state index contributed by atoms with van der Waals surface area (Å²) < 4.78 is 11.0. The van der Waals surface area contributed by atoms with Crippen LogP contribution in [-0.2, 0) is 24.5 Å². The molecule has 6 heteroatoms. The molecule has 0 aliphatic carbocycles. The molecule has 1 amide bonds. The summed E-state index contributed by atoms with van der Waals surface area (Å²) in [6, 6.07) is 8.14. The van der Waals surface area contributed by atoms with Crippen molar-refractivity contribution in [2.45, 2.75) is 37.7 Å². The summed E-state index contributed by atoms with van der Waals surface area (Å²) in [7, 11) is 0. The highest BCUT2D eigenvalue weighted by Crippen LogP contribution is 2.37. The zero-order chi connectivity index (χ0) is 17.9. The molecule has 0 bridgehead atoms. The second kappa shape index (κ2) is 7.54. The maximum atomic E-state index is 13.5. The Morgan fingerprint density at radius 3 is 2.52 bits per heavy atom. The fourth-order valence-corrected chi connectivity index (χ4v) is 3.74. The number of aliphatic carboxylic acids is 1. The van der Waals surface area contributed by atoms with Crippen molar-refractivity contribution in [3.63, 3.8) is 0 Å². The molecule has 1 aromatic rings. The monoisotopic (exact) mass is 347 g/mol. The van der Waals surface area contributed by atoms with Crippen LogP contribution >= 0.6 is 0 Å². The SMILES string of the molecule is Cc1ccc(C2(C(=O)N3CCOC(CC(=O)O)C3)CCOCC2)cc1. The predicted octanol–water partition coefficient (Wildman–Crippen LogP) is 1.75. The molecule has 3 rings (SSSR count). The van der Waals surface area contributed by atoms with E-state index >= 15 is 0 Å². The number of carboxylic acid groups (broad SMARTS) is 1. The number of amides is 1. The number of hydrogen-bond donors (Lipinski definition) is 1. The van der Waals surface area contributed by atoms with Crippen molar-refractivity contribution in [3.8, 4) is 0 Å². The van der Waals surface area contributed by atoms with Crippen LogP contribution in [0, 0.1) is 6.92 Å². The van der Waals surface area contributed by atoms with Crippen LogP contribution in [0.3, 0.4) is 0 Å². The Labute approximate surface area is 147 Å². The molecule has 0 spiro atoms. The molecule has 25 heavy (non-hydrogen) atoms. The Morgan fingerprint density at radius 2 is 1.88 bits per heavy atom. The van der Waals surface area contributed by atoms with Gasteiger partial charge in [-0.3, -0.25) is 9.59 Å². The minimum atomic E-state index is -0.904. The van der Waals surface area contributed by atoms with Gasteiger partial charge in [-0.15, -0.1) is 0 Å². The summed E-state index contributed by atoms with van der Waals surface area (Å²) >= 11 is 0. The number of nitrogens with zero attached hydrogens (tertiary/aromatic N) is 1. The maximum Gasteiger partial charge on any atom is 0.306 e. The van der Waals surface area contributed by atoms with Gasteiger partial charge in [-0.1, -0.05) is 29.8 Å². The molecule has 2 saturated heterocycles. The van der Waals surface area contributed by atoms with Gasteiger partial charge in [0.15, 0.2) is 0 Å². The van der Waals surface area contributed by atoms with E-state index in [0.717, 1.165) is 11.1 Å². The van der Waals surface area contributed by atoms with E-state index in [1.807, 2.05) is 31.2 Å². The molecule has 2 aliphatic heterocycles. The van der Waals surface area contributed by atoms with Gasteiger partial charge in [0, 0.05) is 26.3 Å². The van der Waals surface area contributed by atoms with Gasteiger partial charge >= 0.3 is 5.97 Å². The van der Waals surface area contributed by atoms with Crippen LogP contribution < -0.4 is 0 Å². The molecule has 0 radical (unpaired) electrons. The minimum Gasteiger partial charge on any atom is -0.481 e. The zero-order valence-corrected chi connectivity index (χ0v) is 14.6. The standard InChI is InChI=1S/C19H25NO5/c1-14-2-4-15(5-3-14)19(6-9-24-10-7-19)18(23)20-8-11-25-16(13-20)12-17(21)22/h2-5,16H,6-13H2,1H3,(H,21,22). The first kappa shape index (κ1) is 17.9. The fourth-order valence-electron chi connectivity index (χ4n) is 3.74. The molecule has 1 aromatic carbocycles. The largest absolute Gasteiger partial charge is 0.481 e. The Hall–Kier alpha value is -1.92. The lowest BCUT2D eigenvalue weighted by Crippen LogP contribution is -2.55. The number of morpholine rings is 1. The van der Waals surface area contributed by atoms with Crippen LogP contribution in [0.5, 0.6) is 0 Å². The van der Waals surface area contributed by atoms with Gasteiger partial charge in [-0.05, 0) is 25.3 Å². The number of rotatable bonds is 4. The van der Waals surface area contributed by atoms with Gasteiger partial charge in [0.25, 0.3) is 0 Å². The molecular formula is C19H25NO5. The average molecular weight is 347 g/mol. The van der Waals surface area contributed by atoms with Crippen LogP contribution in [0.2, 0.25) is 0 Å². The predicted molar refractivity (Wildman–Crippen MR) is 91.5 cm³/mol. The van der Waals surface area contributed by atoms with Crippen molar-refractivity contribution >= 4 is 11.9 Å². The molecule has 0 aromatic heterocycles. The number of carboxylic acids is 1.